The number of anilines is 1. The molecule has 2 amide bonds. The minimum Gasteiger partial charge on any atom is -0.351 e. The summed E-state index contributed by atoms with van der Waals surface area (Å²) >= 11 is 12.2. The Kier molecular flexibility index (Phi) is 7.96. The first-order chi connectivity index (χ1) is 17.1. The molecular weight excluding hydrogens is 495 g/mol. The highest BCUT2D eigenvalue weighted by atomic mass is 35.5. The molecule has 0 bridgehead atoms. The summed E-state index contributed by atoms with van der Waals surface area (Å²) in [6.45, 7) is 8.53. The Balaban J connectivity index is 1.64. The van der Waals surface area contributed by atoms with E-state index in [1.165, 1.54) is 0 Å². The van der Waals surface area contributed by atoms with Gasteiger partial charge in [0.1, 0.15) is 5.84 Å². The summed E-state index contributed by atoms with van der Waals surface area (Å²) in [4.78, 5) is 35.6. The van der Waals surface area contributed by atoms with Gasteiger partial charge in [0, 0.05) is 30.6 Å². The fraction of sp³-hybridized carbons (Fsp3) is 0.464. The lowest BCUT2D eigenvalue weighted by Crippen LogP contribution is -2.51. The van der Waals surface area contributed by atoms with Gasteiger partial charge in [-0.1, -0.05) is 55.2 Å². The predicted octanol–water partition coefficient (Wildman–Crippen LogP) is 5.55. The fourth-order valence-corrected chi connectivity index (χ4v) is 5.85. The summed E-state index contributed by atoms with van der Waals surface area (Å²) in [5, 5.41) is 3.85. The Hall–Kier alpha value is -2.57. The summed E-state index contributed by atoms with van der Waals surface area (Å²) in [5.41, 5.74) is 2.60. The number of halogens is 2. The van der Waals surface area contributed by atoms with Gasteiger partial charge in [-0.3, -0.25) is 9.59 Å². The number of hydrogen-bond donors (Lipinski definition) is 1. The number of likely N-dealkylation sites (tertiary alicyclic amines) is 1. The molecule has 2 aromatic carbocycles. The van der Waals surface area contributed by atoms with E-state index in [4.69, 9.17) is 28.2 Å². The van der Waals surface area contributed by atoms with Crippen molar-refractivity contribution in [2.75, 3.05) is 11.9 Å². The zero-order valence-corrected chi connectivity index (χ0v) is 23.0. The molecular formula is C28H34Cl2N4O2. The van der Waals surface area contributed by atoms with Gasteiger partial charge in [-0.2, -0.15) is 0 Å². The van der Waals surface area contributed by atoms with E-state index in [-0.39, 0.29) is 23.9 Å². The summed E-state index contributed by atoms with van der Waals surface area (Å²) < 4.78 is 0. The monoisotopic (exact) mass is 528 g/mol. The summed E-state index contributed by atoms with van der Waals surface area (Å²) in [5.74, 6) is 0.485. The Bertz CT molecular complexity index is 1170. The Morgan fingerprint density at radius 3 is 2.42 bits per heavy atom. The average molecular weight is 530 g/mol. The molecule has 2 heterocycles. The second-order valence-corrected chi connectivity index (χ2v) is 11.1. The van der Waals surface area contributed by atoms with Gasteiger partial charge in [-0.25, -0.2) is 4.99 Å². The van der Waals surface area contributed by atoms with Crippen LogP contribution >= 0.6 is 23.2 Å². The molecule has 4 atom stereocenters. The van der Waals surface area contributed by atoms with Crippen LogP contribution < -0.4 is 10.2 Å². The Morgan fingerprint density at radius 1 is 1.08 bits per heavy atom. The molecule has 8 heteroatoms. The maximum absolute atomic E-state index is 13.5. The quantitative estimate of drug-likeness (QED) is 0.565. The van der Waals surface area contributed by atoms with Crippen LogP contribution in [0.15, 0.2) is 47.5 Å². The van der Waals surface area contributed by atoms with Crippen LogP contribution in [0.4, 0.5) is 5.69 Å². The number of amidine groups is 1. The maximum Gasteiger partial charge on any atom is 0.272 e. The zero-order chi connectivity index (χ0) is 26.1. The van der Waals surface area contributed by atoms with Crippen LogP contribution in [0.5, 0.6) is 0 Å². The molecule has 0 spiro atoms. The average Bonchev–Trinajstić information content (AvgIpc) is 2.92. The minimum absolute atomic E-state index is 0.241. The van der Waals surface area contributed by atoms with Gasteiger partial charge in [0.25, 0.3) is 5.91 Å². The Labute approximate surface area is 223 Å². The largest absolute Gasteiger partial charge is 0.351 e. The van der Waals surface area contributed by atoms with Crippen molar-refractivity contribution in [1.82, 2.24) is 10.2 Å². The van der Waals surface area contributed by atoms with Crippen molar-refractivity contribution >= 4 is 46.5 Å². The summed E-state index contributed by atoms with van der Waals surface area (Å²) in [6, 6.07) is 13.7. The number of hydrogen-bond acceptors (Lipinski definition) is 4. The van der Waals surface area contributed by atoms with Crippen molar-refractivity contribution in [3.63, 3.8) is 0 Å². The summed E-state index contributed by atoms with van der Waals surface area (Å²) in [6.07, 6.45) is 1.55. The van der Waals surface area contributed by atoms with E-state index in [1.807, 2.05) is 37.3 Å². The molecule has 1 N–H and O–H groups in total. The molecule has 1 fully saturated rings. The molecule has 0 radical (unpaired) electrons. The van der Waals surface area contributed by atoms with Gasteiger partial charge in [0.15, 0.2) is 0 Å². The molecule has 0 aliphatic carbocycles. The van der Waals surface area contributed by atoms with Gasteiger partial charge in [-0.15, -0.1) is 0 Å². The molecule has 2 aliphatic heterocycles. The molecule has 0 saturated carbocycles. The SMILES string of the molecule is CC1CC(C)N(C2=NC(NC(=O)[C@@H](C)Cc3ccc(Cl)c(Cl)c3)C(=O)N(C)c3ccccc32)C(C)C1. The fourth-order valence-electron chi connectivity index (χ4n) is 5.53. The van der Waals surface area contributed by atoms with E-state index in [0.29, 0.717) is 22.4 Å². The van der Waals surface area contributed by atoms with Crippen LogP contribution in [0.25, 0.3) is 0 Å². The number of carbonyl (C=O) groups is 2. The third-order valence-electron chi connectivity index (χ3n) is 7.26. The van der Waals surface area contributed by atoms with Gasteiger partial charge in [0.05, 0.1) is 15.7 Å². The molecule has 6 nitrogen and oxygen atoms in total. The highest BCUT2D eigenvalue weighted by Crippen LogP contribution is 2.33. The van der Waals surface area contributed by atoms with Crippen molar-refractivity contribution in [2.24, 2.45) is 16.8 Å². The number of benzene rings is 2. The van der Waals surface area contributed by atoms with Crippen molar-refractivity contribution in [2.45, 2.75) is 65.2 Å². The highest BCUT2D eigenvalue weighted by molar-refractivity contribution is 6.42. The van der Waals surface area contributed by atoms with Crippen molar-refractivity contribution in [1.29, 1.82) is 0 Å². The molecule has 36 heavy (non-hydrogen) atoms. The number of fused-ring (bicyclic) bond motifs is 1. The number of carbonyl (C=O) groups excluding carboxylic acids is 2. The van der Waals surface area contributed by atoms with Gasteiger partial charge < -0.3 is 15.1 Å². The molecule has 4 rings (SSSR count). The van der Waals surface area contributed by atoms with E-state index in [0.717, 1.165) is 35.5 Å². The van der Waals surface area contributed by atoms with Crippen molar-refractivity contribution < 1.29 is 9.59 Å². The molecule has 2 aliphatic rings. The van der Waals surface area contributed by atoms with E-state index in [1.54, 1.807) is 24.1 Å². The highest BCUT2D eigenvalue weighted by Gasteiger charge is 2.37. The van der Waals surface area contributed by atoms with Crippen LogP contribution in [-0.2, 0) is 16.0 Å². The third-order valence-corrected chi connectivity index (χ3v) is 7.99. The van der Waals surface area contributed by atoms with E-state index < -0.39 is 12.1 Å². The van der Waals surface area contributed by atoms with E-state index in [2.05, 4.69) is 31.0 Å². The number of nitrogens with zero attached hydrogens (tertiary/aromatic N) is 3. The summed E-state index contributed by atoms with van der Waals surface area (Å²) in [7, 11) is 1.74. The first kappa shape index (κ1) is 26.5. The van der Waals surface area contributed by atoms with Gasteiger partial charge in [-0.05, 0) is 68.9 Å². The first-order valence-electron chi connectivity index (χ1n) is 12.5. The van der Waals surface area contributed by atoms with E-state index >= 15 is 0 Å². The van der Waals surface area contributed by atoms with Crippen LogP contribution in [0.1, 0.15) is 51.7 Å². The number of nitrogens with one attached hydrogen (secondary N) is 1. The predicted molar refractivity (Wildman–Crippen MR) is 147 cm³/mol. The molecule has 0 aromatic heterocycles. The molecule has 192 valence electrons. The third kappa shape index (κ3) is 5.40. The lowest BCUT2D eigenvalue weighted by molar-refractivity contribution is -0.129. The van der Waals surface area contributed by atoms with E-state index in [9.17, 15) is 9.59 Å². The molecule has 2 aromatic rings. The second kappa shape index (κ2) is 10.8. The number of rotatable bonds is 4. The minimum atomic E-state index is -1.01. The standard InChI is InChI=1S/C28H34Cl2N4O2/c1-16-12-18(3)34(19(4)13-16)26-21-8-6-7-9-24(21)33(5)28(36)25(31-26)32-27(35)17(2)14-20-10-11-22(29)23(30)15-20/h6-11,15-19,25H,12-14H2,1-5H3,(H,32,35)/t16?,17-,18?,19?,25?/m0/s1. The number of piperidine rings is 1. The number of para-hydroxylation sites is 1. The first-order valence-corrected chi connectivity index (χ1v) is 13.3. The molecule has 3 unspecified atom stereocenters. The van der Waals surface area contributed by atoms with Crippen molar-refractivity contribution in [3.05, 3.63) is 63.6 Å². The number of amides is 2. The van der Waals surface area contributed by atoms with Gasteiger partial charge in [0.2, 0.25) is 12.1 Å². The smallest absolute Gasteiger partial charge is 0.272 e. The number of likely N-dealkylation sites (N-methyl/N-ethyl adjacent to an activating group) is 1. The zero-order valence-electron chi connectivity index (χ0n) is 21.5. The second-order valence-electron chi connectivity index (χ2n) is 10.3. The van der Waals surface area contributed by atoms with Crippen LogP contribution in [-0.4, -0.2) is 47.8 Å². The normalized spacial score (nSPS) is 25.1. The number of aliphatic imine (C=N–C) groups is 1. The number of benzodiazepines with no additional fused rings is 1. The van der Waals surface area contributed by atoms with Crippen LogP contribution in [0, 0.1) is 11.8 Å². The molecule has 1 saturated heterocycles. The van der Waals surface area contributed by atoms with Crippen LogP contribution in [0.3, 0.4) is 0 Å². The van der Waals surface area contributed by atoms with Crippen molar-refractivity contribution in [3.8, 4) is 0 Å². The van der Waals surface area contributed by atoms with Crippen LogP contribution in [0.2, 0.25) is 10.0 Å². The lowest BCUT2D eigenvalue weighted by Gasteiger charge is -2.44. The van der Waals surface area contributed by atoms with Gasteiger partial charge >= 0.3 is 0 Å². The lowest BCUT2D eigenvalue weighted by atomic mass is 9.88. The maximum atomic E-state index is 13.5. The Morgan fingerprint density at radius 2 is 1.75 bits per heavy atom. The topological polar surface area (TPSA) is 65.0 Å².